The van der Waals surface area contributed by atoms with Crippen molar-refractivity contribution < 1.29 is 19.4 Å². The van der Waals surface area contributed by atoms with Gasteiger partial charge in [0.1, 0.15) is 12.7 Å². The molecule has 1 aromatic heterocycles. The molecule has 1 saturated heterocycles. The molecule has 1 aromatic carbocycles. The summed E-state index contributed by atoms with van der Waals surface area (Å²) in [5.74, 6) is 1.15. The third-order valence-electron chi connectivity index (χ3n) is 6.95. The molecular weight excluding hydrogens is 432 g/mol. The number of aliphatic hydroxyl groups is 1. The van der Waals surface area contributed by atoms with Crippen molar-refractivity contribution in [2.45, 2.75) is 70.6 Å². The molecule has 4 N–H and O–H groups in total. The molecule has 34 heavy (non-hydrogen) atoms. The van der Waals surface area contributed by atoms with Gasteiger partial charge in [0, 0.05) is 41.4 Å². The standard InChI is InChI=1S/C26H38N4O4/c1-26(2,3)29-24(32)23-13-17-6-4-5-7-19(17)14-30(23)15-21(31)16-34-25(33)28-20-8-9-22-18(12-20)10-11-27-22/h8-12,17,19,21,23,27,31H,4-7,13-16H2,1-3H3,(H,28,33)(H,29,32)/t17-,19+,21+,23-/m0/s1. The van der Waals surface area contributed by atoms with Crippen LogP contribution in [0.3, 0.4) is 0 Å². The van der Waals surface area contributed by atoms with E-state index < -0.39 is 12.2 Å². The Hall–Kier alpha value is -2.58. The number of hydrogen-bond acceptors (Lipinski definition) is 5. The number of aliphatic hydroxyl groups excluding tert-OH is 1. The molecule has 4 rings (SSSR count). The summed E-state index contributed by atoms with van der Waals surface area (Å²) in [6.07, 6.45) is 6.00. The van der Waals surface area contributed by atoms with E-state index in [1.165, 1.54) is 25.7 Å². The first kappa shape index (κ1) is 24.5. The lowest BCUT2D eigenvalue weighted by atomic mass is 9.72. The van der Waals surface area contributed by atoms with Crippen LogP contribution in [0.15, 0.2) is 30.5 Å². The normalized spacial score (nSPS) is 24.3. The van der Waals surface area contributed by atoms with Crippen molar-refractivity contribution in [1.29, 1.82) is 0 Å². The molecule has 4 atom stereocenters. The lowest BCUT2D eigenvalue weighted by Crippen LogP contribution is -2.58. The largest absolute Gasteiger partial charge is 0.447 e. The zero-order valence-corrected chi connectivity index (χ0v) is 20.5. The van der Waals surface area contributed by atoms with Crippen LogP contribution in [0, 0.1) is 11.8 Å². The van der Waals surface area contributed by atoms with Crippen LogP contribution in [0.25, 0.3) is 10.9 Å². The summed E-state index contributed by atoms with van der Waals surface area (Å²) in [5.41, 5.74) is 1.31. The molecular formula is C26H38N4O4. The number of rotatable bonds is 6. The molecule has 2 fully saturated rings. The number of carbonyl (C=O) groups excluding carboxylic acids is 2. The van der Waals surface area contributed by atoms with E-state index in [1.807, 2.05) is 45.2 Å². The molecule has 0 spiro atoms. The number of carbonyl (C=O) groups is 2. The summed E-state index contributed by atoms with van der Waals surface area (Å²) in [6.45, 7) is 6.92. The monoisotopic (exact) mass is 470 g/mol. The third-order valence-corrected chi connectivity index (χ3v) is 6.95. The topological polar surface area (TPSA) is 107 Å². The number of ether oxygens (including phenoxy) is 1. The number of H-pyrrole nitrogens is 1. The smallest absolute Gasteiger partial charge is 0.411 e. The maximum Gasteiger partial charge on any atom is 0.411 e. The molecule has 2 heterocycles. The minimum Gasteiger partial charge on any atom is -0.447 e. The van der Waals surface area contributed by atoms with Crippen molar-refractivity contribution in [2.75, 3.05) is 25.0 Å². The van der Waals surface area contributed by atoms with Crippen LogP contribution in [0.2, 0.25) is 0 Å². The van der Waals surface area contributed by atoms with Crippen molar-refractivity contribution in [3.63, 3.8) is 0 Å². The van der Waals surface area contributed by atoms with E-state index in [9.17, 15) is 14.7 Å². The predicted molar refractivity (Wildman–Crippen MR) is 133 cm³/mol. The van der Waals surface area contributed by atoms with Crippen molar-refractivity contribution in [2.24, 2.45) is 11.8 Å². The number of fused-ring (bicyclic) bond motifs is 2. The first-order valence-corrected chi connectivity index (χ1v) is 12.4. The summed E-state index contributed by atoms with van der Waals surface area (Å²) < 4.78 is 5.29. The van der Waals surface area contributed by atoms with Gasteiger partial charge in [-0.25, -0.2) is 4.79 Å². The van der Waals surface area contributed by atoms with E-state index in [1.54, 1.807) is 6.07 Å². The average Bonchev–Trinajstić information content (AvgIpc) is 3.24. The third kappa shape index (κ3) is 6.30. The number of nitrogens with zero attached hydrogens (tertiary/aromatic N) is 1. The summed E-state index contributed by atoms with van der Waals surface area (Å²) in [6, 6.07) is 7.20. The fourth-order valence-electron chi connectivity index (χ4n) is 5.41. The van der Waals surface area contributed by atoms with Gasteiger partial charge in [0.15, 0.2) is 0 Å². The lowest BCUT2D eigenvalue weighted by Gasteiger charge is -2.46. The van der Waals surface area contributed by atoms with Crippen LogP contribution < -0.4 is 10.6 Å². The molecule has 0 unspecified atom stereocenters. The van der Waals surface area contributed by atoms with Crippen LogP contribution >= 0.6 is 0 Å². The molecule has 8 nitrogen and oxygen atoms in total. The molecule has 2 aliphatic rings. The van der Waals surface area contributed by atoms with Gasteiger partial charge < -0.3 is 20.1 Å². The number of piperidine rings is 1. The van der Waals surface area contributed by atoms with Crippen molar-refractivity contribution in [3.05, 3.63) is 30.5 Å². The first-order valence-electron chi connectivity index (χ1n) is 12.4. The highest BCUT2D eigenvalue weighted by atomic mass is 16.6. The molecule has 1 aliphatic heterocycles. The number of anilines is 1. The van der Waals surface area contributed by atoms with Crippen LogP contribution in [0.5, 0.6) is 0 Å². The molecule has 1 aliphatic carbocycles. The van der Waals surface area contributed by atoms with Gasteiger partial charge >= 0.3 is 6.09 Å². The quantitative estimate of drug-likeness (QED) is 0.513. The predicted octanol–water partition coefficient (Wildman–Crippen LogP) is 3.87. The van der Waals surface area contributed by atoms with Gasteiger partial charge in [-0.15, -0.1) is 0 Å². The van der Waals surface area contributed by atoms with Crippen LogP contribution in [-0.2, 0) is 9.53 Å². The number of hydrogen-bond donors (Lipinski definition) is 4. The zero-order valence-electron chi connectivity index (χ0n) is 20.5. The highest BCUT2D eigenvalue weighted by Crippen LogP contribution is 2.38. The number of benzene rings is 1. The van der Waals surface area contributed by atoms with Crippen LogP contribution in [0.4, 0.5) is 10.5 Å². The van der Waals surface area contributed by atoms with E-state index in [2.05, 4.69) is 20.5 Å². The Kier molecular flexibility index (Phi) is 7.48. The lowest BCUT2D eigenvalue weighted by molar-refractivity contribution is -0.132. The molecule has 0 radical (unpaired) electrons. The Labute approximate surface area is 201 Å². The first-order chi connectivity index (χ1) is 16.2. The molecule has 2 amide bonds. The van der Waals surface area contributed by atoms with E-state index in [0.29, 0.717) is 24.1 Å². The van der Waals surface area contributed by atoms with Gasteiger partial charge in [-0.1, -0.05) is 19.3 Å². The highest BCUT2D eigenvalue weighted by molar-refractivity contribution is 5.90. The molecule has 186 valence electrons. The van der Waals surface area contributed by atoms with Gasteiger partial charge in [0.2, 0.25) is 5.91 Å². The Morgan fingerprint density at radius 3 is 2.74 bits per heavy atom. The number of aromatic nitrogens is 1. The Morgan fingerprint density at radius 1 is 1.21 bits per heavy atom. The number of amides is 2. The van der Waals surface area contributed by atoms with Gasteiger partial charge in [-0.05, 0) is 69.7 Å². The van der Waals surface area contributed by atoms with Crippen LogP contribution in [0.1, 0.15) is 52.9 Å². The molecule has 2 aromatic rings. The number of aromatic amines is 1. The molecule has 1 saturated carbocycles. The number of nitrogens with one attached hydrogen (secondary N) is 3. The second-order valence-electron chi connectivity index (χ2n) is 10.9. The zero-order chi connectivity index (χ0) is 24.3. The second kappa shape index (κ2) is 10.4. The number of β-amino-alcohol motifs (C(OH)–C–C–N with tert-alkyl or cyclic N) is 1. The molecule has 0 bridgehead atoms. The number of likely N-dealkylation sites (tertiary alicyclic amines) is 1. The fraction of sp³-hybridized carbons (Fsp3) is 0.615. The summed E-state index contributed by atoms with van der Waals surface area (Å²) in [4.78, 5) is 30.6. The Balaban J connectivity index is 1.32. The van der Waals surface area contributed by atoms with Crippen molar-refractivity contribution >= 4 is 28.6 Å². The van der Waals surface area contributed by atoms with Gasteiger partial charge in [0.05, 0.1) is 6.04 Å². The summed E-state index contributed by atoms with van der Waals surface area (Å²) >= 11 is 0. The maximum atomic E-state index is 13.1. The van der Waals surface area contributed by atoms with Gasteiger partial charge in [-0.2, -0.15) is 0 Å². The van der Waals surface area contributed by atoms with Crippen LogP contribution in [-0.4, -0.2) is 64.4 Å². The van der Waals surface area contributed by atoms with E-state index in [0.717, 1.165) is 23.9 Å². The van der Waals surface area contributed by atoms with Gasteiger partial charge in [-0.3, -0.25) is 15.0 Å². The summed E-state index contributed by atoms with van der Waals surface area (Å²) in [5, 5.41) is 17.5. The Bertz CT molecular complexity index is 998. The summed E-state index contributed by atoms with van der Waals surface area (Å²) in [7, 11) is 0. The molecule has 8 heteroatoms. The highest BCUT2D eigenvalue weighted by Gasteiger charge is 2.41. The maximum absolute atomic E-state index is 13.1. The van der Waals surface area contributed by atoms with E-state index >= 15 is 0 Å². The van der Waals surface area contributed by atoms with Gasteiger partial charge in [0.25, 0.3) is 0 Å². The van der Waals surface area contributed by atoms with E-state index in [4.69, 9.17) is 4.74 Å². The fourth-order valence-corrected chi connectivity index (χ4v) is 5.41. The Morgan fingerprint density at radius 2 is 1.97 bits per heavy atom. The van der Waals surface area contributed by atoms with Crippen molar-refractivity contribution in [1.82, 2.24) is 15.2 Å². The average molecular weight is 471 g/mol. The van der Waals surface area contributed by atoms with Crippen molar-refractivity contribution in [3.8, 4) is 0 Å². The minimum atomic E-state index is -0.872. The van der Waals surface area contributed by atoms with E-state index in [-0.39, 0.29) is 24.1 Å². The second-order valence-corrected chi connectivity index (χ2v) is 10.9. The SMILES string of the molecule is CC(C)(C)NC(=O)[C@@H]1C[C@@H]2CCCC[C@@H]2CN1C[C@@H](O)COC(=O)Nc1ccc2[nH]ccc2c1. The minimum absolute atomic E-state index is 0.0162.